The van der Waals surface area contributed by atoms with Gasteiger partial charge in [0, 0.05) is 18.3 Å². The number of anilines is 1. The third-order valence-corrected chi connectivity index (χ3v) is 3.01. The maximum absolute atomic E-state index is 13.4. The monoisotopic (exact) mass is 289 g/mol. The minimum absolute atomic E-state index is 0.426. The summed E-state index contributed by atoms with van der Waals surface area (Å²) in [6.45, 7) is -0.0792. The molecule has 0 aliphatic carbocycles. The predicted octanol–water partition coefficient (Wildman–Crippen LogP) is 5.20. The van der Waals surface area contributed by atoms with Crippen LogP contribution in [0.15, 0.2) is 18.2 Å². The molecule has 0 aromatic heterocycles. The van der Waals surface area contributed by atoms with Crippen LogP contribution in [0.3, 0.4) is 0 Å². The van der Waals surface area contributed by atoms with Crippen molar-refractivity contribution in [2.24, 2.45) is 0 Å². The van der Waals surface area contributed by atoms with E-state index in [2.05, 4.69) is 17.0 Å². The fourth-order valence-corrected chi connectivity index (χ4v) is 1.94. The summed E-state index contributed by atoms with van der Waals surface area (Å²) in [6.07, 6.45) is 7.12. The first-order valence-electron chi connectivity index (χ1n) is 7.11. The summed E-state index contributed by atoms with van der Waals surface area (Å²) in [6, 6.07) is 3.93. The Bertz CT molecular complexity index is 385. The second kappa shape index (κ2) is 9.50. The molecule has 0 aliphatic heterocycles. The van der Waals surface area contributed by atoms with Gasteiger partial charge in [-0.2, -0.15) is 8.78 Å². The van der Waals surface area contributed by atoms with Crippen molar-refractivity contribution in [2.75, 3.05) is 11.9 Å². The van der Waals surface area contributed by atoms with Crippen LogP contribution >= 0.6 is 0 Å². The number of hydrogen-bond donors (Lipinski definition) is 1. The molecule has 0 heterocycles. The van der Waals surface area contributed by atoms with E-state index < -0.39 is 18.2 Å². The number of alkyl halides is 2. The molecule has 1 rings (SSSR count). The lowest BCUT2D eigenvalue weighted by Crippen LogP contribution is -2.05. The van der Waals surface area contributed by atoms with Crippen LogP contribution in [0.5, 0.6) is 5.75 Å². The number of nitrogens with one attached hydrogen (secondary N) is 1. The average molecular weight is 289 g/mol. The van der Waals surface area contributed by atoms with Crippen LogP contribution in [0.4, 0.5) is 18.9 Å². The molecule has 5 heteroatoms. The number of rotatable bonds is 10. The lowest BCUT2D eigenvalue weighted by Gasteiger charge is -2.09. The summed E-state index contributed by atoms with van der Waals surface area (Å²) < 4.78 is 41.4. The number of hydrogen-bond acceptors (Lipinski definition) is 2. The molecule has 1 aromatic carbocycles. The molecule has 0 unspecified atom stereocenters. The fraction of sp³-hybridized carbons (Fsp3) is 0.600. The number of benzene rings is 1. The van der Waals surface area contributed by atoms with E-state index in [1.54, 1.807) is 0 Å². The number of unbranched alkanes of at least 4 members (excludes halogenated alkanes) is 5. The summed E-state index contributed by atoms with van der Waals surface area (Å²) in [5, 5.41) is 3.07. The van der Waals surface area contributed by atoms with Crippen molar-refractivity contribution < 1.29 is 17.9 Å². The van der Waals surface area contributed by atoms with Crippen molar-refractivity contribution in [3.8, 4) is 5.75 Å². The highest BCUT2D eigenvalue weighted by Gasteiger charge is 2.09. The average Bonchev–Trinajstić information content (AvgIpc) is 2.40. The Kier molecular flexibility index (Phi) is 7.92. The number of ether oxygens (including phenoxy) is 1. The summed E-state index contributed by atoms with van der Waals surface area (Å²) in [4.78, 5) is 0. The van der Waals surface area contributed by atoms with Gasteiger partial charge in [-0.25, -0.2) is 4.39 Å². The van der Waals surface area contributed by atoms with Gasteiger partial charge in [-0.3, -0.25) is 0 Å². The van der Waals surface area contributed by atoms with E-state index in [0.29, 0.717) is 5.69 Å². The van der Waals surface area contributed by atoms with Crippen molar-refractivity contribution >= 4 is 5.69 Å². The predicted molar refractivity (Wildman–Crippen MR) is 74.9 cm³/mol. The standard InChI is InChI=1S/C15H22F3NO/c1-2-3-4-5-6-7-10-19-12-8-9-14(13(16)11-12)20-15(17)18/h8-9,11,15,19H,2-7,10H2,1H3. The van der Waals surface area contributed by atoms with Crippen molar-refractivity contribution in [2.45, 2.75) is 52.1 Å². The van der Waals surface area contributed by atoms with Crippen molar-refractivity contribution in [3.63, 3.8) is 0 Å². The summed E-state index contributed by atoms with van der Waals surface area (Å²) >= 11 is 0. The first kappa shape index (κ1) is 16.7. The topological polar surface area (TPSA) is 21.3 Å². The molecule has 114 valence electrons. The Balaban J connectivity index is 2.25. The van der Waals surface area contributed by atoms with Gasteiger partial charge in [0.25, 0.3) is 0 Å². The van der Waals surface area contributed by atoms with Crippen LogP contribution in [0.2, 0.25) is 0 Å². The van der Waals surface area contributed by atoms with Gasteiger partial charge in [-0.05, 0) is 18.6 Å². The Hall–Kier alpha value is -1.39. The van der Waals surface area contributed by atoms with Crippen molar-refractivity contribution in [3.05, 3.63) is 24.0 Å². The Labute approximate surface area is 118 Å². The van der Waals surface area contributed by atoms with E-state index in [-0.39, 0.29) is 0 Å². The zero-order chi connectivity index (χ0) is 14.8. The van der Waals surface area contributed by atoms with E-state index in [9.17, 15) is 13.2 Å². The van der Waals surface area contributed by atoms with Gasteiger partial charge in [-0.15, -0.1) is 0 Å². The van der Waals surface area contributed by atoms with Gasteiger partial charge < -0.3 is 10.1 Å². The second-order valence-corrected chi connectivity index (χ2v) is 4.72. The third-order valence-electron chi connectivity index (χ3n) is 3.01. The molecule has 2 nitrogen and oxygen atoms in total. The minimum Gasteiger partial charge on any atom is -0.432 e. The largest absolute Gasteiger partial charge is 0.432 e. The van der Waals surface area contributed by atoms with Crippen molar-refractivity contribution in [1.82, 2.24) is 0 Å². The van der Waals surface area contributed by atoms with Crippen molar-refractivity contribution in [1.29, 1.82) is 0 Å². The normalized spacial score (nSPS) is 10.8. The Morgan fingerprint density at radius 3 is 2.45 bits per heavy atom. The minimum atomic E-state index is -3.01. The van der Waals surface area contributed by atoms with Gasteiger partial charge >= 0.3 is 6.61 Å². The van der Waals surface area contributed by atoms with Gasteiger partial charge in [0.1, 0.15) is 0 Å². The van der Waals surface area contributed by atoms with Gasteiger partial charge in [0.15, 0.2) is 11.6 Å². The fourth-order valence-electron chi connectivity index (χ4n) is 1.94. The maximum Gasteiger partial charge on any atom is 0.387 e. The van der Waals surface area contributed by atoms with E-state index in [1.165, 1.54) is 43.9 Å². The molecule has 0 saturated heterocycles. The molecule has 0 amide bonds. The van der Waals surface area contributed by atoms with Crippen LogP contribution in [-0.2, 0) is 0 Å². The summed E-state index contributed by atoms with van der Waals surface area (Å²) in [5.41, 5.74) is 0.581. The van der Waals surface area contributed by atoms with Gasteiger partial charge in [0.05, 0.1) is 0 Å². The van der Waals surface area contributed by atoms with Crippen LogP contribution in [-0.4, -0.2) is 13.2 Å². The molecular formula is C15H22F3NO. The molecule has 1 N–H and O–H groups in total. The highest BCUT2D eigenvalue weighted by atomic mass is 19.3. The van der Waals surface area contributed by atoms with Crippen LogP contribution in [0.25, 0.3) is 0 Å². The third kappa shape index (κ3) is 6.68. The molecule has 1 aromatic rings. The second-order valence-electron chi connectivity index (χ2n) is 4.72. The molecule has 0 spiro atoms. The highest BCUT2D eigenvalue weighted by molar-refractivity contribution is 5.47. The zero-order valence-corrected chi connectivity index (χ0v) is 11.8. The smallest absolute Gasteiger partial charge is 0.387 e. The van der Waals surface area contributed by atoms with Gasteiger partial charge in [0.2, 0.25) is 0 Å². The summed E-state index contributed by atoms with van der Waals surface area (Å²) in [7, 11) is 0. The van der Waals surface area contributed by atoms with E-state index in [4.69, 9.17) is 0 Å². The molecule has 0 saturated carbocycles. The molecule has 0 aliphatic rings. The zero-order valence-electron chi connectivity index (χ0n) is 11.8. The Morgan fingerprint density at radius 1 is 1.10 bits per heavy atom. The first-order valence-corrected chi connectivity index (χ1v) is 7.11. The van der Waals surface area contributed by atoms with Gasteiger partial charge in [-0.1, -0.05) is 39.0 Å². The molecule has 0 atom stereocenters. The van der Waals surface area contributed by atoms with Crippen LogP contribution < -0.4 is 10.1 Å². The van der Waals surface area contributed by atoms with Crippen LogP contribution in [0.1, 0.15) is 45.4 Å². The molecular weight excluding hydrogens is 267 g/mol. The first-order chi connectivity index (χ1) is 9.63. The Morgan fingerprint density at radius 2 is 1.80 bits per heavy atom. The quantitative estimate of drug-likeness (QED) is 0.598. The number of halogens is 3. The van der Waals surface area contributed by atoms with E-state index in [0.717, 1.165) is 19.4 Å². The lowest BCUT2D eigenvalue weighted by atomic mass is 10.1. The SMILES string of the molecule is CCCCCCCCNc1ccc(OC(F)F)c(F)c1. The van der Waals surface area contributed by atoms with E-state index in [1.807, 2.05) is 0 Å². The highest BCUT2D eigenvalue weighted by Crippen LogP contribution is 2.22. The maximum atomic E-state index is 13.4. The molecule has 0 fully saturated rings. The molecule has 0 bridgehead atoms. The lowest BCUT2D eigenvalue weighted by molar-refractivity contribution is -0.0521. The molecule has 20 heavy (non-hydrogen) atoms. The summed E-state index contributed by atoms with van der Waals surface area (Å²) in [5.74, 6) is -1.21. The van der Waals surface area contributed by atoms with Crippen LogP contribution in [0, 0.1) is 5.82 Å². The molecule has 0 radical (unpaired) electrons. The van der Waals surface area contributed by atoms with E-state index >= 15 is 0 Å².